The molecule has 8 nitrogen and oxygen atoms in total. The van der Waals surface area contributed by atoms with E-state index in [1.807, 2.05) is 0 Å². The summed E-state index contributed by atoms with van der Waals surface area (Å²) in [7, 11) is 0. The van der Waals surface area contributed by atoms with Crippen LogP contribution in [0.25, 0.3) is 5.88 Å². The van der Waals surface area contributed by atoms with Crippen molar-refractivity contribution >= 4 is 11.7 Å². The summed E-state index contributed by atoms with van der Waals surface area (Å²) < 4.78 is 6.25. The lowest BCUT2D eigenvalue weighted by Crippen LogP contribution is -1.98. The average Bonchev–Trinajstić information content (AvgIpc) is 2.83. The van der Waals surface area contributed by atoms with Crippen molar-refractivity contribution in [1.82, 2.24) is 9.78 Å². The Morgan fingerprint density at radius 3 is 2.61 bits per heavy atom. The number of nitro groups is 1. The van der Waals surface area contributed by atoms with E-state index >= 15 is 0 Å². The normalized spacial score (nSPS) is 10.6. The van der Waals surface area contributed by atoms with Crippen molar-refractivity contribution in [1.29, 1.82) is 0 Å². The van der Waals surface area contributed by atoms with Crippen molar-refractivity contribution in [2.75, 3.05) is 0 Å². The molecular weight excluding hydrogens is 242 g/mol. The van der Waals surface area contributed by atoms with Crippen LogP contribution in [0.2, 0.25) is 0 Å². The van der Waals surface area contributed by atoms with Crippen LogP contribution in [-0.4, -0.2) is 25.8 Å². The molecule has 0 saturated heterocycles. The van der Waals surface area contributed by atoms with Gasteiger partial charge in [0.1, 0.15) is 11.4 Å². The zero-order valence-electron chi connectivity index (χ0n) is 9.58. The van der Waals surface area contributed by atoms with Crippen molar-refractivity contribution in [2.45, 2.75) is 13.8 Å². The SMILES string of the molecule is Cc1nn(-c2ccc(C(=O)O)o2)c(C)c1[N+](=O)[O-]. The van der Waals surface area contributed by atoms with Gasteiger partial charge >= 0.3 is 11.7 Å². The molecule has 2 rings (SSSR count). The van der Waals surface area contributed by atoms with Crippen molar-refractivity contribution in [3.05, 3.63) is 39.4 Å². The molecule has 0 unspecified atom stereocenters. The number of carboxylic acid groups (broad SMARTS) is 1. The second-order valence-electron chi connectivity index (χ2n) is 3.63. The Morgan fingerprint density at radius 1 is 1.50 bits per heavy atom. The topological polar surface area (TPSA) is 111 Å². The number of aryl methyl sites for hydroxylation is 1. The fourth-order valence-corrected chi connectivity index (χ4v) is 1.67. The van der Waals surface area contributed by atoms with Gasteiger partial charge in [0.2, 0.25) is 11.6 Å². The van der Waals surface area contributed by atoms with E-state index in [4.69, 9.17) is 9.52 Å². The standard InChI is InChI=1S/C10H9N3O5/c1-5-9(13(16)17)6(2)12(11-5)8-4-3-7(18-8)10(14)15/h3-4H,1-2H3,(H,14,15). The highest BCUT2D eigenvalue weighted by Gasteiger charge is 2.24. The van der Waals surface area contributed by atoms with Gasteiger partial charge in [0.25, 0.3) is 0 Å². The molecule has 18 heavy (non-hydrogen) atoms. The lowest BCUT2D eigenvalue weighted by molar-refractivity contribution is -0.386. The maximum absolute atomic E-state index is 10.8. The molecule has 0 fully saturated rings. The average molecular weight is 251 g/mol. The van der Waals surface area contributed by atoms with Crippen molar-refractivity contribution in [2.24, 2.45) is 0 Å². The van der Waals surface area contributed by atoms with Crippen LogP contribution in [0.15, 0.2) is 16.5 Å². The van der Waals surface area contributed by atoms with Crippen LogP contribution in [0.1, 0.15) is 21.9 Å². The molecule has 94 valence electrons. The molecule has 0 aliphatic rings. The molecule has 1 N–H and O–H groups in total. The van der Waals surface area contributed by atoms with Gasteiger partial charge < -0.3 is 9.52 Å². The van der Waals surface area contributed by atoms with Crippen LogP contribution >= 0.6 is 0 Å². The number of carbonyl (C=O) groups is 1. The lowest BCUT2D eigenvalue weighted by Gasteiger charge is -1.97. The van der Waals surface area contributed by atoms with Crippen LogP contribution in [0.3, 0.4) is 0 Å². The zero-order chi connectivity index (χ0) is 13.4. The molecule has 0 aromatic carbocycles. The third-order valence-electron chi connectivity index (χ3n) is 2.45. The highest BCUT2D eigenvalue weighted by atomic mass is 16.6. The van der Waals surface area contributed by atoms with E-state index in [0.717, 1.165) is 0 Å². The maximum atomic E-state index is 10.8. The van der Waals surface area contributed by atoms with Crippen LogP contribution in [0.4, 0.5) is 5.69 Å². The van der Waals surface area contributed by atoms with Crippen molar-refractivity contribution < 1.29 is 19.2 Å². The van der Waals surface area contributed by atoms with Gasteiger partial charge in [-0.15, -0.1) is 0 Å². The van der Waals surface area contributed by atoms with Crippen LogP contribution in [0, 0.1) is 24.0 Å². The molecule has 0 amide bonds. The van der Waals surface area contributed by atoms with E-state index in [-0.39, 0.29) is 28.7 Å². The summed E-state index contributed by atoms with van der Waals surface area (Å²) in [5, 5.41) is 23.5. The number of aromatic nitrogens is 2. The van der Waals surface area contributed by atoms with Crippen molar-refractivity contribution in [3.8, 4) is 5.88 Å². The predicted molar refractivity (Wildman–Crippen MR) is 58.9 cm³/mol. The fraction of sp³-hybridized carbons (Fsp3) is 0.200. The van der Waals surface area contributed by atoms with Gasteiger partial charge in [0, 0.05) is 6.07 Å². The second kappa shape index (κ2) is 3.99. The number of aromatic carboxylic acids is 1. The minimum Gasteiger partial charge on any atom is -0.475 e. The lowest BCUT2D eigenvalue weighted by atomic mass is 10.3. The number of hydrogen-bond donors (Lipinski definition) is 1. The van der Waals surface area contributed by atoms with Crippen LogP contribution in [-0.2, 0) is 0 Å². The Balaban J connectivity index is 2.54. The molecule has 0 aliphatic carbocycles. The smallest absolute Gasteiger partial charge is 0.371 e. The van der Waals surface area contributed by atoms with E-state index in [0.29, 0.717) is 0 Å². The van der Waals surface area contributed by atoms with E-state index in [1.54, 1.807) is 0 Å². The molecule has 0 bridgehead atoms. The first-order valence-electron chi connectivity index (χ1n) is 4.96. The Hall–Kier alpha value is -2.64. The molecule has 2 heterocycles. The molecule has 8 heteroatoms. The molecule has 2 aromatic heterocycles. The van der Waals surface area contributed by atoms with Crippen molar-refractivity contribution in [3.63, 3.8) is 0 Å². The summed E-state index contributed by atoms with van der Waals surface area (Å²) in [5.41, 5.74) is 0.415. The molecule has 0 saturated carbocycles. The Labute approximate surface area is 101 Å². The second-order valence-corrected chi connectivity index (χ2v) is 3.63. The van der Waals surface area contributed by atoms with Gasteiger partial charge in [-0.05, 0) is 19.9 Å². The number of carboxylic acids is 1. The zero-order valence-corrected chi connectivity index (χ0v) is 9.58. The molecule has 0 atom stereocenters. The van der Waals surface area contributed by atoms with Crippen LogP contribution < -0.4 is 0 Å². The summed E-state index contributed by atoms with van der Waals surface area (Å²) >= 11 is 0. The van der Waals surface area contributed by atoms with Gasteiger partial charge in [-0.25, -0.2) is 4.79 Å². The largest absolute Gasteiger partial charge is 0.475 e. The number of rotatable bonds is 3. The summed E-state index contributed by atoms with van der Waals surface area (Å²) in [6, 6.07) is 2.66. The number of hydrogen-bond acceptors (Lipinski definition) is 5. The monoisotopic (exact) mass is 251 g/mol. The summed E-state index contributed by atoms with van der Waals surface area (Å²) in [6.45, 7) is 3.02. The van der Waals surface area contributed by atoms with Gasteiger partial charge in [-0.3, -0.25) is 10.1 Å². The van der Waals surface area contributed by atoms with Gasteiger partial charge in [-0.1, -0.05) is 0 Å². The first-order valence-corrected chi connectivity index (χ1v) is 4.96. The first-order chi connectivity index (χ1) is 8.41. The third-order valence-corrected chi connectivity index (χ3v) is 2.45. The summed E-state index contributed by atoms with van der Waals surface area (Å²) in [6.07, 6.45) is 0. The van der Waals surface area contributed by atoms with Gasteiger partial charge in [-0.2, -0.15) is 9.78 Å². The Morgan fingerprint density at radius 2 is 2.17 bits per heavy atom. The molecule has 2 aromatic rings. The Bertz CT molecular complexity index is 640. The quantitative estimate of drug-likeness (QED) is 0.656. The highest BCUT2D eigenvalue weighted by molar-refractivity contribution is 5.84. The molecular formula is C10H9N3O5. The number of nitrogens with zero attached hydrogens (tertiary/aromatic N) is 3. The number of furan rings is 1. The summed E-state index contributed by atoms with van der Waals surface area (Å²) in [4.78, 5) is 21.0. The molecule has 0 aliphatic heterocycles. The Kier molecular flexibility index (Phi) is 2.62. The minimum absolute atomic E-state index is 0.108. The molecule has 0 spiro atoms. The van der Waals surface area contributed by atoms with Crippen LogP contribution in [0.5, 0.6) is 0 Å². The van der Waals surface area contributed by atoms with E-state index < -0.39 is 10.9 Å². The first kappa shape index (κ1) is 11.8. The van der Waals surface area contributed by atoms with Gasteiger partial charge in [0.05, 0.1) is 4.92 Å². The van der Waals surface area contributed by atoms with Gasteiger partial charge in [0.15, 0.2) is 0 Å². The third kappa shape index (κ3) is 1.73. The minimum atomic E-state index is -1.21. The molecule has 0 radical (unpaired) electrons. The summed E-state index contributed by atoms with van der Waals surface area (Å²) in [5.74, 6) is -1.33. The van der Waals surface area contributed by atoms with E-state index in [1.165, 1.54) is 30.7 Å². The maximum Gasteiger partial charge on any atom is 0.371 e. The fourth-order valence-electron chi connectivity index (χ4n) is 1.67. The van der Waals surface area contributed by atoms with E-state index in [9.17, 15) is 14.9 Å². The van der Waals surface area contributed by atoms with E-state index in [2.05, 4.69) is 5.10 Å². The predicted octanol–water partition coefficient (Wildman–Crippen LogP) is 1.69. The highest BCUT2D eigenvalue weighted by Crippen LogP contribution is 2.25.